The Morgan fingerprint density at radius 3 is 2.00 bits per heavy atom. The minimum Gasteiger partial charge on any atom is -0.329 e. The molecule has 7 heavy (non-hydrogen) atoms. The van der Waals surface area contributed by atoms with Crippen LogP contribution in [-0.4, -0.2) is 25.3 Å². The van der Waals surface area contributed by atoms with Gasteiger partial charge in [-0.05, 0) is 0 Å². The van der Waals surface area contributed by atoms with Gasteiger partial charge in [0.1, 0.15) is 0 Å². The first kappa shape index (κ1) is 6.87. The van der Waals surface area contributed by atoms with Gasteiger partial charge in [-0.2, -0.15) is 8.42 Å². The van der Waals surface area contributed by atoms with E-state index in [9.17, 15) is 8.42 Å². The molecule has 3 N–H and O–H groups in total. The molecule has 5 heteroatoms. The van der Waals surface area contributed by atoms with Crippen molar-refractivity contribution in [2.75, 3.05) is 12.3 Å². The van der Waals surface area contributed by atoms with E-state index >= 15 is 0 Å². The molecule has 0 aliphatic rings. The molecular formula is C2H7NO3S. The predicted octanol–water partition coefficient (Wildman–Crippen LogP) is -1.17. The maximum atomic E-state index is 9.71. The molecule has 44 valence electrons. The molecule has 0 heterocycles. The van der Waals surface area contributed by atoms with Crippen molar-refractivity contribution in [3.05, 3.63) is 0 Å². The van der Waals surface area contributed by atoms with Gasteiger partial charge < -0.3 is 5.73 Å². The van der Waals surface area contributed by atoms with E-state index in [1.54, 1.807) is 0 Å². The molecule has 0 aliphatic heterocycles. The maximum Gasteiger partial charge on any atom is 0.266 e. The molecule has 0 aliphatic carbocycles. The first-order chi connectivity index (χ1) is 3.06. The summed E-state index contributed by atoms with van der Waals surface area (Å²) in [5, 5.41) is 0. The van der Waals surface area contributed by atoms with Gasteiger partial charge in [-0.25, -0.2) is 0 Å². The highest BCUT2D eigenvalue weighted by Gasteiger charge is 1.98. The Hall–Kier alpha value is -0.130. The normalized spacial score (nSPS) is 11.7. The summed E-state index contributed by atoms with van der Waals surface area (Å²) in [5.41, 5.74) is 4.78. The van der Waals surface area contributed by atoms with Gasteiger partial charge >= 0.3 is 0 Å². The molecule has 0 rings (SSSR count). The summed E-state index contributed by atoms with van der Waals surface area (Å²) in [6, 6.07) is 0. The Bertz CT molecular complexity index is 126. The minimum absolute atomic E-state index is 0.0289. The zero-order valence-electron chi connectivity index (χ0n) is 3.66. The van der Waals surface area contributed by atoms with Crippen molar-refractivity contribution in [2.45, 2.75) is 0 Å². The van der Waals surface area contributed by atoms with Gasteiger partial charge in [-0.1, -0.05) is 0 Å². The Labute approximate surface area is 42.1 Å². The smallest absolute Gasteiger partial charge is 0.266 e. The number of rotatable bonds is 2. The summed E-state index contributed by atoms with van der Waals surface area (Å²) in [5.74, 6) is -0.354. The summed E-state index contributed by atoms with van der Waals surface area (Å²) in [7, 11) is -3.80. The molecule has 0 aromatic carbocycles. The minimum atomic E-state index is -3.80. The predicted molar refractivity (Wildman–Crippen MR) is 25.5 cm³/mol. The third kappa shape index (κ3) is 5.87. The van der Waals surface area contributed by atoms with Crippen molar-refractivity contribution >= 4 is 10.1 Å². The second-order valence-electron chi connectivity index (χ2n) is 1.07. The lowest BCUT2D eigenvalue weighted by atomic mass is 10.8. The molecule has 0 aromatic rings. The molecule has 0 saturated carbocycles. The van der Waals surface area contributed by atoms with Crippen LogP contribution >= 0.6 is 0 Å². The molecule has 0 atom stereocenters. The van der Waals surface area contributed by atoms with Crippen molar-refractivity contribution in [1.82, 2.24) is 0 Å². The maximum absolute atomic E-state index is 9.71. The molecule has 0 unspecified atom stereocenters. The highest BCUT2D eigenvalue weighted by molar-refractivity contribution is 7.85. The quantitative estimate of drug-likeness (QED) is 0.459. The summed E-state index contributed by atoms with van der Waals surface area (Å²) in [6.45, 7) is -0.0289. The lowest BCUT2D eigenvalue weighted by Gasteiger charge is -1.86. The van der Waals surface area contributed by atoms with Gasteiger partial charge in [0.05, 0.1) is 5.75 Å². The van der Waals surface area contributed by atoms with E-state index in [-0.39, 0.29) is 12.3 Å². The fraction of sp³-hybridized carbons (Fsp3) is 1.00. The Balaban J connectivity index is 3.60. The molecular weight excluding hydrogens is 121 g/mol. The Morgan fingerprint density at radius 2 is 2.00 bits per heavy atom. The van der Waals surface area contributed by atoms with E-state index in [0.717, 1.165) is 0 Å². The van der Waals surface area contributed by atoms with Gasteiger partial charge in [-0.15, -0.1) is 0 Å². The van der Waals surface area contributed by atoms with Crippen LogP contribution in [0.25, 0.3) is 0 Å². The molecule has 0 saturated heterocycles. The van der Waals surface area contributed by atoms with Gasteiger partial charge in [-0.3, -0.25) is 4.55 Å². The van der Waals surface area contributed by atoms with Crippen LogP contribution in [-0.2, 0) is 10.1 Å². The van der Waals surface area contributed by atoms with Gasteiger partial charge in [0.15, 0.2) is 0 Å². The fourth-order valence-electron chi connectivity index (χ4n) is 0.149. The largest absolute Gasteiger partial charge is 0.329 e. The molecule has 0 spiro atoms. The average Bonchev–Trinajstić information content (AvgIpc) is 1.30. The zero-order chi connectivity index (χ0) is 5.91. The van der Waals surface area contributed by atoms with Crippen molar-refractivity contribution in [2.24, 2.45) is 5.73 Å². The van der Waals surface area contributed by atoms with Gasteiger partial charge in [0.2, 0.25) is 0 Å². The highest BCUT2D eigenvalue weighted by Crippen LogP contribution is 1.74. The van der Waals surface area contributed by atoms with Crippen LogP contribution in [0.5, 0.6) is 0 Å². The fourth-order valence-corrected chi connectivity index (χ4v) is 0.447. The first-order valence-electron chi connectivity index (χ1n) is 1.71. The third-order valence-electron chi connectivity index (χ3n) is 0.376. The monoisotopic (exact) mass is 128 g/mol. The van der Waals surface area contributed by atoms with E-state index in [2.05, 4.69) is 0 Å². The van der Waals surface area contributed by atoms with Crippen LogP contribution in [0, 0.1) is 0 Å². The lowest BCUT2D eigenvalue weighted by Crippen LogP contribution is -2.13. The summed E-state index contributed by atoms with van der Waals surface area (Å²) in [6.07, 6.45) is 0. The SMILES string of the molecule is NCC[35S](=O)(=O)O. The number of hydrogen-bond acceptors (Lipinski definition) is 3. The molecule has 0 amide bonds. The Kier molecular flexibility index (Phi) is 2.21. The standard InChI is InChI=1S/C2H7NO3S/c3-1-2-7(4,5)6/h1-3H2,(H,4,5,6)/i7+3. The first-order valence-corrected chi connectivity index (χ1v) is 3.32. The van der Waals surface area contributed by atoms with Crippen molar-refractivity contribution < 1.29 is 13.0 Å². The van der Waals surface area contributed by atoms with Crippen molar-refractivity contribution in [3.8, 4) is 0 Å². The lowest BCUT2D eigenvalue weighted by molar-refractivity contribution is 0.483. The van der Waals surface area contributed by atoms with Crippen LogP contribution in [0.2, 0.25) is 0 Å². The van der Waals surface area contributed by atoms with E-state index in [1.165, 1.54) is 0 Å². The second-order valence-corrected chi connectivity index (χ2v) is 2.65. The Morgan fingerprint density at radius 1 is 1.57 bits per heavy atom. The second kappa shape index (κ2) is 2.25. The molecule has 0 bridgehead atoms. The molecule has 4 nitrogen and oxygen atoms in total. The highest BCUT2D eigenvalue weighted by atomic mass is 35.1. The summed E-state index contributed by atoms with van der Waals surface area (Å²) < 4.78 is 27.3. The number of hydrogen-bond donors (Lipinski definition) is 2. The average molecular weight is 128 g/mol. The number of nitrogens with two attached hydrogens (primary N) is 1. The molecule has 0 radical (unpaired) electrons. The van der Waals surface area contributed by atoms with Crippen LogP contribution in [0.4, 0.5) is 0 Å². The van der Waals surface area contributed by atoms with E-state index in [4.69, 9.17) is 10.3 Å². The van der Waals surface area contributed by atoms with E-state index in [0.29, 0.717) is 0 Å². The molecule has 0 aromatic heterocycles. The van der Waals surface area contributed by atoms with E-state index < -0.39 is 10.1 Å². The van der Waals surface area contributed by atoms with Crippen LogP contribution in [0.1, 0.15) is 0 Å². The zero-order valence-corrected chi connectivity index (χ0v) is 4.48. The summed E-state index contributed by atoms with van der Waals surface area (Å²) >= 11 is 0. The van der Waals surface area contributed by atoms with Crippen molar-refractivity contribution in [1.29, 1.82) is 0 Å². The van der Waals surface area contributed by atoms with Crippen molar-refractivity contribution in [3.63, 3.8) is 0 Å². The van der Waals surface area contributed by atoms with Crippen LogP contribution in [0.3, 0.4) is 0 Å². The van der Waals surface area contributed by atoms with Crippen LogP contribution in [0.15, 0.2) is 0 Å². The summed E-state index contributed by atoms with van der Waals surface area (Å²) in [4.78, 5) is 0. The molecule has 0 fully saturated rings. The van der Waals surface area contributed by atoms with Crippen LogP contribution < -0.4 is 5.73 Å². The third-order valence-corrected chi connectivity index (χ3v) is 1.13. The van der Waals surface area contributed by atoms with E-state index in [1.807, 2.05) is 0 Å². The van der Waals surface area contributed by atoms with Gasteiger partial charge in [0, 0.05) is 6.54 Å². The van der Waals surface area contributed by atoms with Gasteiger partial charge in [0.25, 0.3) is 10.1 Å². The topological polar surface area (TPSA) is 80.4 Å².